The molecule has 1 rings (SSSR count). The number of anilines is 1. The van der Waals surface area contributed by atoms with Gasteiger partial charge in [-0.25, -0.2) is 4.39 Å². The average molecular weight is 267 g/mol. The first-order valence-electron chi connectivity index (χ1n) is 4.73. The standard InChI is InChI=1S/C10H9F4NO3/c1-5(9(16)17)15-6-2-3-7(11)8(4-6)18-10(12,13)14/h2-5,15H,1H3,(H,16,17). The molecular weight excluding hydrogens is 258 g/mol. The molecule has 0 aliphatic heterocycles. The Morgan fingerprint density at radius 2 is 2.06 bits per heavy atom. The maximum absolute atomic E-state index is 13.0. The van der Waals surface area contributed by atoms with Crippen molar-refractivity contribution in [3.63, 3.8) is 0 Å². The van der Waals surface area contributed by atoms with Gasteiger partial charge in [-0.2, -0.15) is 0 Å². The number of alkyl halides is 3. The van der Waals surface area contributed by atoms with E-state index in [0.717, 1.165) is 18.2 Å². The summed E-state index contributed by atoms with van der Waals surface area (Å²) in [5.41, 5.74) is 0.00514. The van der Waals surface area contributed by atoms with Crippen LogP contribution in [0.25, 0.3) is 0 Å². The van der Waals surface area contributed by atoms with Gasteiger partial charge in [-0.05, 0) is 19.1 Å². The minimum Gasteiger partial charge on any atom is -0.480 e. The number of hydrogen-bond acceptors (Lipinski definition) is 3. The summed E-state index contributed by atoms with van der Waals surface area (Å²) < 4.78 is 52.3. The first-order valence-corrected chi connectivity index (χ1v) is 4.73. The minimum atomic E-state index is -5.02. The Labute approximate surface area is 99.2 Å². The molecule has 0 bridgehead atoms. The van der Waals surface area contributed by atoms with E-state index in [1.54, 1.807) is 0 Å². The van der Waals surface area contributed by atoms with Crippen LogP contribution in [0.15, 0.2) is 18.2 Å². The van der Waals surface area contributed by atoms with Crippen LogP contribution in [0.3, 0.4) is 0 Å². The van der Waals surface area contributed by atoms with Gasteiger partial charge in [-0.15, -0.1) is 13.2 Å². The molecule has 2 N–H and O–H groups in total. The van der Waals surface area contributed by atoms with E-state index >= 15 is 0 Å². The SMILES string of the molecule is CC(Nc1ccc(F)c(OC(F)(F)F)c1)C(=O)O. The number of halogens is 4. The van der Waals surface area contributed by atoms with Crippen molar-refractivity contribution in [1.82, 2.24) is 0 Å². The third kappa shape index (κ3) is 4.11. The lowest BCUT2D eigenvalue weighted by molar-refractivity contribution is -0.275. The van der Waals surface area contributed by atoms with E-state index in [4.69, 9.17) is 5.11 Å². The lowest BCUT2D eigenvalue weighted by Crippen LogP contribution is -2.25. The zero-order valence-corrected chi connectivity index (χ0v) is 9.08. The molecule has 0 aliphatic rings. The Kier molecular flexibility index (Phi) is 4.00. The van der Waals surface area contributed by atoms with Gasteiger partial charge in [0.05, 0.1) is 0 Å². The molecule has 0 saturated heterocycles. The fourth-order valence-electron chi connectivity index (χ4n) is 1.11. The van der Waals surface area contributed by atoms with Crippen molar-refractivity contribution in [3.05, 3.63) is 24.0 Å². The Bertz CT molecular complexity index is 447. The molecule has 8 heteroatoms. The van der Waals surface area contributed by atoms with E-state index in [-0.39, 0.29) is 5.69 Å². The zero-order valence-electron chi connectivity index (χ0n) is 9.08. The van der Waals surface area contributed by atoms with Gasteiger partial charge < -0.3 is 15.2 Å². The van der Waals surface area contributed by atoms with E-state index in [9.17, 15) is 22.4 Å². The summed E-state index contributed by atoms with van der Waals surface area (Å²) >= 11 is 0. The topological polar surface area (TPSA) is 58.6 Å². The van der Waals surface area contributed by atoms with Crippen LogP contribution >= 0.6 is 0 Å². The summed E-state index contributed by atoms with van der Waals surface area (Å²) in [6, 6.07) is 1.56. The predicted octanol–water partition coefficient (Wildman–Crippen LogP) is 2.61. The number of hydrogen-bond donors (Lipinski definition) is 2. The van der Waals surface area contributed by atoms with Crippen LogP contribution in [0, 0.1) is 5.82 Å². The number of rotatable bonds is 4. The average Bonchev–Trinajstić information content (AvgIpc) is 2.20. The van der Waals surface area contributed by atoms with Gasteiger partial charge >= 0.3 is 12.3 Å². The van der Waals surface area contributed by atoms with Gasteiger partial charge in [0, 0.05) is 11.8 Å². The molecule has 1 unspecified atom stereocenters. The van der Waals surface area contributed by atoms with Gasteiger partial charge in [0.1, 0.15) is 6.04 Å². The molecule has 0 spiro atoms. The van der Waals surface area contributed by atoms with E-state index in [1.807, 2.05) is 0 Å². The van der Waals surface area contributed by atoms with E-state index in [2.05, 4.69) is 10.1 Å². The van der Waals surface area contributed by atoms with Gasteiger partial charge in [0.25, 0.3) is 0 Å². The van der Waals surface area contributed by atoms with Crippen molar-refractivity contribution in [2.45, 2.75) is 19.3 Å². The van der Waals surface area contributed by atoms with Crippen LogP contribution in [0.2, 0.25) is 0 Å². The molecule has 18 heavy (non-hydrogen) atoms. The molecule has 1 aromatic carbocycles. The van der Waals surface area contributed by atoms with Gasteiger partial charge in [-0.1, -0.05) is 0 Å². The van der Waals surface area contributed by atoms with Crippen molar-refractivity contribution in [2.75, 3.05) is 5.32 Å². The smallest absolute Gasteiger partial charge is 0.480 e. The number of carbonyl (C=O) groups is 1. The van der Waals surface area contributed by atoms with Crippen molar-refractivity contribution >= 4 is 11.7 Å². The first kappa shape index (κ1) is 14.1. The first-order chi connectivity index (χ1) is 8.19. The van der Waals surface area contributed by atoms with E-state index in [1.165, 1.54) is 6.92 Å². The zero-order chi connectivity index (χ0) is 13.9. The Balaban J connectivity index is 2.90. The second kappa shape index (κ2) is 5.11. The number of ether oxygens (including phenoxy) is 1. The maximum Gasteiger partial charge on any atom is 0.573 e. The summed E-state index contributed by atoms with van der Waals surface area (Å²) in [6.07, 6.45) is -5.02. The fourth-order valence-corrected chi connectivity index (χ4v) is 1.11. The summed E-state index contributed by atoms with van der Waals surface area (Å²) in [4.78, 5) is 10.5. The Morgan fingerprint density at radius 3 is 2.56 bits per heavy atom. The van der Waals surface area contributed by atoms with Crippen LogP contribution in [0.5, 0.6) is 5.75 Å². The number of carboxylic acid groups (broad SMARTS) is 1. The lowest BCUT2D eigenvalue weighted by atomic mass is 10.2. The van der Waals surface area contributed by atoms with Crippen LogP contribution in [0.1, 0.15) is 6.92 Å². The third-order valence-corrected chi connectivity index (χ3v) is 1.91. The van der Waals surface area contributed by atoms with Crippen molar-refractivity contribution in [3.8, 4) is 5.75 Å². The monoisotopic (exact) mass is 267 g/mol. The van der Waals surface area contributed by atoms with Crippen LogP contribution in [0.4, 0.5) is 23.2 Å². The van der Waals surface area contributed by atoms with E-state index < -0.39 is 29.9 Å². The quantitative estimate of drug-likeness (QED) is 0.823. The van der Waals surface area contributed by atoms with Crippen molar-refractivity contribution < 1.29 is 32.2 Å². The van der Waals surface area contributed by atoms with Crippen molar-refractivity contribution in [2.24, 2.45) is 0 Å². The highest BCUT2D eigenvalue weighted by atomic mass is 19.4. The molecule has 0 saturated carbocycles. The second-order valence-electron chi connectivity index (χ2n) is 3.40. The highest BCUT2D eigenvalue weighted by Gasteiger charge is 2.32. The predicted molar refractivity (Wildman–Crippen MR) is 53.8 cm³/mol. The van der Waals surface area contributed by atoms with Crippen LogP contribution < -0.4 is 10.1 Å². The largest absolute Gasteiger partial charge is 0.573 e. The molecule has 0 aromatic heterocycles. The second-order valence-corrected chi connectivity index (χ2v) is 3.40. The molecule has 0 heterocycles. The number of benzene rings is 1. The van der Waals surface area contributed by atoms with Crippen molar-refractivity contribution in [1.29, 1.82) is 0 Å². The summed E-state index contributed by atoms with van der Waals surface area (Å²) in [5.74, 6) is -3.41. The van der Waals surface area contributed by atoms with Crippen LogP contribution in [-0.2, 0) is 4.79 Å². The minimum absolute atomic E-state index is 0.00514. The molecule has 0 radical (unpaired) electrons. The molecular formula is C10H9F4NO3. The van der Waals surface area contributed by atoms with Gasteiger partial charge in [-0.3, -0.25) is 4.79 Å². The molecule has 0 fully saturated rings. The third-order valence-electron chi connectivity index (χ3n) is 1.91. The fraction of sp³-hybridized carbons (Fsp3) is 0.300. The molecule has 0 amide bonds. The molecule has 4 nitrogen and oxygen atoms in total. The molecule has 0 aliphatic carbocycles. The number of carboxylic acids is 1. The lowest BCUT2D eigenvalue weighted by Gasteiger charge is -2.14. The normalized spacial score (nSPS) is 12.9. The summed E-state index contributed by atoms with van der Waals surface area (Å²) in [5, 5.41) is 11.0. The Hall–Kier alpha value is -1.99. The Morgan fingerprint density at radius 1 is 1.44 bits per heavy atom. The number of aliphatic carboxylic acids is 1. The summed E-state index contributed by atoms with van der Waals surface area (Å²) in [7, 11) is 0. The highest BCUT2D eigenvalue weighted by molar-refractivity contribution is 5.76. The highest BCUT2D eigenvalue weighted by Crippen LogP contribution is 2.28. The molecule has 1 aromatic rings. The molecule has 1 atom stereocenters. The van der Waals surface area contributed by atoms with E-state index in [0.29, 0.717) is 0 Å². The van der Waals surface area contributed by atoms with Gasteiger partial charge in [0.15, 0.2) is 11.6 Å². The maximum atomic E-state index is 13.0. The summed E-state index contributed by atoms with van der Waals surface area (Å²) in [6.45, 7) is 1.29. The number of nitrogens with one attached hydrogen (secondary N) is 1. The van der Waals surface area contributed by atoms with Gasteiger partial charge in [0.2, 0.25) is 0 Å². The van der Waals surface area contributed by atoms with Crippen LogP contribution in [-0.4, -0.2) is 23.5 Å². The molecule has 100 valence electrons.